The summed E-state index contributed by atoms with van der Waals surface area (Å²) in [6, 6.07) is 2.17. The van der Waals surface area contributed by atoms with Gasteiger partial charge < -0.3 is 19.7 Å². The first-order valence-corrected chi connectivity index (χ1v) is 6.60. The monoisotopic (exact) mass is 282 g/mol. The Balaban J connectivity index is 2.56. The zero-order chi connectivity index (χ0) is 15.3. The lowest BCUT2D eigenvalue weighted by Gasteiger charge is -2.13. The van der Waals surface area contributed by atoms with Gasteiger partial charge >= 0.3 is 5.97 Å². The molecule has 6 heteroatoms. The molecular formula is C14H22N2O4. The third-order valence-corrected chi connectivity index (χ3v) is 3.00. The van der Waals surface area contributed by atoms with Crippen LogP contribution in [0.5, 0.6) is 0 Å². The number of hydrogen-bond donors (Lipinski definition) is 2. The summed E-state index contributed by atoms with van der Waals surface area (Å²) in [7, 11) is 0. The number of aromatic nitrogens is 1. The third kappa shape index (κ3) is 4.09. The van der Waals surface area contributed by atoms with Crippen molar-refractivity contribution < 1.29 is 19.4 Å². The first-order chi connectivity index (χ1) is 9.34. The van der Waals surface area contributed by atoms with Gasteiger partial charge in [-0.05, 0) is 33.8 Å². The maximum atomic E-state index is 12.1. The van der Waals surface area contributed by atoms with Gasteiger partial charge in [-0.2, -0.15) is 0 Å². The Labute approximate surface area is 118 Å². The lowest BCUT2D eigenvalue weighted by atomic mass is 10.2. The first-order valence-electron chi connectivity index (χ1n) is 6.60. The van der Waals surface area contributed by atoms with Crippen LogP contribution in [0, 0.1) is 13.8 Å². The Hall–Kier alpha value is -1.82. The number of rotatable bonds is 7. The number of ether oxygens (including phenoxy) is 1. The highest BCUT2D eigenvalue weighted by Crippen LogP contribution is 2.19. The van der Waals surface area contributed by atoms with Crippen molar-refractivity contribution in [2.75, 3.05) is 19.8 Å². The Morgan fingerprint density at radius 1 is 1.40 bits per heavy atom. The molecule has 0 spiro atoms. The smallest absolute Gasteiger partial charge is 0.329 e. The second-order valence-corrected chi connectivity index (χ2v) is 4.95. The van der Waals surface area contributed by atoms with E-state index in [0.29, 0.717) is 11.6 Å². The van der Waals surface area contributed by atoms with Gasteiger partial charge in [0.1, 0.15) is 6.61 Å². The van der Waals surface area contributed by atoms with Crippen LogP contribution in [-0.4, -0.2) is 41.3 Å². The minimum atomic E-state index is -1.02. The summed E-state index contributed by atoms with van der Waals surface area (Å²) in [5.74, 6) is -1.18. The molecule has 1 rings (SSSR count). The molecule has 1 heterocycles. The lowest BCUT2D eigenvalue weighted by molar-refractivity contribution is -0.142. The van der Waals surface area contributed by atoms with Crippen LogP contribution < -0.4 is 5.32 Å². The molecule has 20 heavy (non-hydrogen) atoms. The highest BCUT2D eigenvalue weighted by atomic mass is 16.5. The van der Waals surface area contributed by atoms with Gasteiger partial charge in [-0.15, -0.1) is 0 Å². The largest absolute Gasteiger partial charge is 0.480 e. The van der Waals surface area contributed by atoms with E-state index in [1.54, 1.807) is 0 Å². The van der Waals surface area contributed by atoms with Crippen LogP contribution in [0.25, 0.3) is 0 Å². The van der Waals surface area contributed by atoms with Crippen LogP contribution in [0.3, 0.4) is 0 Å². The molecule has 0 atom stereocenters. The van der Waals surface area contributed by atoms with Gasteiger partial charge in [0.2, 0.25) is 0 Å². The Kier molecular flexibility index (Phi) is 5.76. The average Bonchev–Trinajstić information content (AvgIpc) is 2.63. The van der Waals surface area contributed by atoms with Gasteiger partial charge in [-0.25, -0.2) is 4.79 Å². The van der Waals surface area contributed by atoms with Crippen molar-refractivity contribution in [3.63, 3.8) is 0 Å². The predicted octanol–water partition coefficient (Wildman–Crippen LogP) is 1.52. The van der Waals surface area contributed by atoms with Crippen molar-refractivity contribution in [2.24, 2.45) is 0 Å². The fourth-order valence-electron chi connectivity index (χ4n) is 2.29. The first kappa shape index (κ1) is 16.2. The standard InChI is InChI=1S/C14H22N2O4/c1-9(2)16-10(3)7-12(11(16)4)14(19)15-5-6-20-8-13(17)18/h7,9H,5-6,8H2,1-4H3,(H,15,19)(H,17,18). The lowest BCUT2D eigenvalue weighted by Crippen LogP contribution is -2.28. The highest BCUT2D eigenvalue weighted by molar-refractivity contribution is 5.95. The van der Waals surface area contributed by atoms with E-state index < -0.39 is 5.97 Å². The Bertz CT molecular complexity index is 492. The molecule has 0 saturated heterocycles. The topological polar surface area (TPSA) is 80.6 Å². The van der Waals surface area contributed by atoms with Crippen LogP contribution in [0.2, 0.25) is 0 Å². The number of aryl methyl sites for hydroxylation is 1. The molecule has 1 aromatic heterocycles. The number of carboxylic acid groups (broad SMARTS) is 1. The van der Waals surface area contributed by atoms with Gasteiger partial charge in [0.05, 0.1) is 12.2 Å². The SMILES string of the molecule is Cc1cc(C(=O)NCCOCC(=O)O)c(C)n1C(C)C. The average molecular weight is 282 g/mol. The molecule has 0 aliphatic rings. The van der Waals surface area contributed by atoms with Crippen LogP contribution in [0.4, 0.5) is 0 Å². The fourth-order valence-corrected chi connectivity index (χ4v) is 2.29. The summed E-state index contributed by atoms with van der Waals surface area (Å²) in [6.07, 6.45) is 0. The van der Waals surface area contributed by atoms with Crippen molar-refractivity contribution in [1.29, 1.82) is 0 Å². The molecule has 1 amide bonds. The zero-order valence-electron chi connectivity index (χ0n) is 12.4. The van der Waals surface area contributed by atoms with Crippen LogP contribution >= 0.6 is 0 Å². The van der Waals surface area contributed by atoms with Crippen LogP contribution in [0.15, 0.2) is 6.07 Å². The van der Waals surface area contributed by atoms with E-state index in [2.05, 4.69) is 23.7 Å². The zero-order valence-corrected chi connectivity index (χ0v) is 12.4. The van der Waals surface area contributed by atoms with Crippen molar-refractivity contribution in [3.05, 3.63) is 23.0 Å². The maximum Gasteiger partial charge on any atom is 0.329 e. The van der Waals surface area contributed by atoms with Crippen LogP contribution in [0.1, 0.15) is 41.6 Å². The quantitative estimate of drug-likeness (QED) is 0.743. The number of hydrogen-bond acceptors (Lipinski definition) is 3. The van der Waals surface area contributed by atoms with Crippen molar-refractivity contribution in [3.8, 4) is 0 Å². The molecule has 0 bridgehead atoms. The third-order valence-electron chi connectivity index (χ3n) is 3.00. The summed E-state index contributed by atoms with van der Waals surface area (Å²) in [6.45, 7) is 8.15. The number of aliphatic carboxylic acids is 1. The highest BCUT2D eigenvalue weighted by Gasteiger charge is 2.16. The van der Waals surface area contributed by atoms with Crippen molar-refractivity contribution in [2.45, 2.75) is 33.7 Å². The Morgan fingerprint density at radius 2 is 2.05 bits per heavy atom. The molecule has 0 fully saturated rings. The second-order valence-electron chi connectivity index (χ2n) is 4.95. The summed E-state index contributed by atoms with van der Waals surface area (Å²) >= 11 is 0. The normalized spacial score (nSPS) is 10.8. The van der Waals surface area contributed by atoms with Gasteiger partial charge in [-0.1, -0.05) is 0 Å². The summed E-state index contributed by atoms with van der Waals surface area (Å²) < 4.78 is 6.97. The Morgan fingerprint density at radius 3 is 2.55 bits per heavy atom. The minimum Gasteiger partial charge on any atom is -0.480 e. The maximum absolute atomic E-state index is 12.1. The van der Waals surface area contributed by atoms with E-state index >= 15 is 0 Å². The number of carbonyl (C=O) groups is 2. The van der Waals surface area contributed by atoms with Gasteiger partial charge in [-0.3, -0.25) is 4.79 Å². The molecule has 0 unspecified atom stereocenters. The number of carbonyl (C=O) groups excluding carboxylic acids is 1. The molecule has 6 nitrogen and oxygen atoms in total. The number of nitrogens with zero attached hydrogens (tertiary/aromatic N) is 1. The van der Waals surface area contributed by atoms with Gasteiger partial charge in [0.15, 0.2) is 0 Å². The van der Waals surface area contributed by atoms with Crippen molar-refractivity contribution in [1.82, 2.24) is 9.88 Å². The van der Waals surface area contributed by atoms with Gasteiger partial charge in [0.25, 0.3) is 5.91 Å². The van der Waals surface area contributed by atoms with Gasteiger partial charge in [0, 0.05) is 24.0 Å². The second kappa shape index (κ2) is 7.09. The molecule has 0 aromatic carbocycles. The van der Waals surface area contributed by atoms with E-state index in [1.165, 1.54) is 0 Å². The molecule has 2 N–H and O–H groups in total. The molecule has 0 aliphatic heterocycles. The molecule has 0 saturated carbocycles. The summed E-state index contributed by atoms with van der Waals surface area (Å²) in [5, 5.41) is 11.1. The fraction of sp³-hybridized carbons (Fsp3) is 0.571. The van der Waals surface area contributed by atoms with Crippen molar-refractivity contribution >= 4 is 11.9 Å². The van der Waals surface area contributed by atoms with E-state index in [-0.39, 0.29) is 25.7 Å². The van der Waals surface area contributed by atoms with E-state index in [4.69, 9.17) is 9.84 Å². The number of nitrogens with one attached hydrogen (secondary N) is 1. The number of amides is 1. The molecule has 0 radical (unpaired) electrons. The molecular weight excluding hydrogens is 260 g/mol. The molecule has 0 aliphatic carbocycles. The van der Waals surface area contributed by atoms with E-state index in [1.807, 2.05) is 19.9 Å². The molecule has 1 aromatic rings. The predicted molar refractivity (Wildman–Crippen MR) is 75.1 cm³/mol. The number of carboxylic acids is 1. The summed E-state index contributed by atoms with van der Waals surface area (Å²) in [5.41, 5.74) is 2.63. The molecule has 112 valence electrons. The van der Waals surface area contributed by atoms with E-state index in [9.17, 15) is 9.59 Å². The van der Waals surface area contributed by atoms with E-state index in [0.717, 1.165) is 11.4 Å². The summed E-state index contributed by atoms with van der Waals surface area (Å²) in [4.78, 5) is 22.3. The van der Waals surface area contributed by atoms with Crippen LogP contribution in [-0.2, 0) is 9.53 Å². The minimum absolute atomic E-state index is 0.163.